The molecule has 1 unspecified atom stereocenters. The lowest BCUT2D eigenvalue weighted by Gasteiger charge is -2.22. The van der Waals surface area contributed by atoms with Crippen LogP contribution in [0, 0.1) is 0 Å². The number of hydrogen-bond donors (Lipinski definition) is 1. The normalized spacial score (nSPS) is 15.3. The van der Waals surface area contributed by atoms with E-state index in [1.165, 1.54) is 0 Å². The second kappa shape index (κ2) is 9.06. The summed E-state index contributed by atoms with van der Waals surface area (Å²) in [5.41, 5.74) is 0.863. The molecule has 1 aromatic carbocycles. The van der Waals surface area contributed by atoms with Crippen molar-refractivity contribution in [2.45, 2.75) is 46.4 Å². The van der Waals surface area contributed by atoms with E-state index in [2.05, 4.69) is 5.09 Å². The minimum Gasteiger partial charge on any atom is -0.462 e. The fourth-order valence-electron chi connectivity index (χ4n) is 1.64. The molecule has 1 rings (SSSR count). The summed E-state index contributed by atoms with van der Waals surface area (Å²) in [6.45, 7) is 7.08. The lowest BCUT2D eigenvalue weighted by atomic mass is 10.2. The molecular weight excluding hydrogens is 305 g/mol. The molecule has 7 heteroatoms. The van der Waals surface area contributed by atoms with Gasteiger partial charge in [-0.1, -0.05) is 30.3 Å². The number of carbonyl (C=O) groups excluding carboxylic acids is 1. The predicted molar refractivity (Wildman–Crippen MR) is 84.3 cm³/mol. The van der Waals surface area contributed by atoms with E-state index in [0.717, 1.165) is 5.56 Å². The van der Waals surface area contributed by atoms with Crippen molar-refractivity contribution >= 4 is 13.7 Å². The molecule has 0 saturated carbocycles. The fourth-order valence-corrected chi connectivity index (χ4v) is 3.10. The third-order valence-corrected chi connectivity index (χ3v) is 4.37. The van der Waals surface area contributed by atoms with Gasteiger partial charge in [0.25, 0.3) is 0 Å². The Morgan fingerprint density at radius 1 is 1.18 bits per heavy atom. The molecule has 0 radical (unpaired) electrons. The summed E-state index contributed by atoms with van der Waals surface area (Å²) in [6.07, 6.45) is -0.242. The van der Waals surface area contributed by atoms with Gasteiger partial charge in [-0.15, -0.1) is 0 Å². The van der Waals surface area contributed by atoms with Crippen molar-refractivity contribution in [1.82, 2.24) is 5.09 Å². The third kappa shape index (κ3) is 6.71. The Labute approximate surface area is 131 Å². The van der Waals surface area contributed by atoms with E-state index < -0.39 is 19.8 Å². The van der Waals surface area contributed by atoms with Gasteiger partial charge in [0.15, 0.2) is 0 Å². The van der Waals surface area contributed by atoms with E-state index in [0.29, 0.717) is 0 Å². The van der Waals surface area contributed by atoms with Gasteiger partial charge in [0.1, 0.15) is 6.04 Å². The minimum absolute atomic E-state index is 0.122. The maximum atomic E-state index is 12.6. The molecule has 0 heterocycles. The van der Waals surface area contributed by atoms with E-state index in [-0.39, 0.29) is 19.3 Å². The number of carbonyl (C=O) groups is 1. The third-order valence-electron chi connectivity index (χ3n) is 2.60. The Bertz CT molecular complexity index is 506. The first-order valence-corrected chi connectivity index (χ1v) is 8.82. The van der Waals surface area contributed by atoms with E-state index in [1.807, 2.05) is 30.3 Å². The van der Waals surface area contributed by atoms with Gasteiger partial charge in [0, 0.05) is 0 Å². The van der Waals surface area contributed by atoms with Crippen molar-refractivity contribution in [3.63, 3.8) is 0 Å². The molecule has 0 spiro atoms. The SMILES string of the molecule is CCOP(=O)(N[C@@H](C)C(=O)OC(C)C)OCc1ccccc1. The highest BCUT2D eigenvalue weighted by molar-refractivity contribution is 7.51. The smallest absolute Gasteiger partial charge is 0.406 e. The van der Waals surface area contributed by atoms with Gasteiger partial charge in [-0.3, -0.25) is 13.8 Å². The molecule has 22 heavy (non-hydrogen) atoms. The predicted octanol–water partition coefficient (Wildman–Crippen LogP) is 3.28. The Morgan fingerprint density at radius 2 is 1.82 bits per heavy atom. The maximum absolute atomic E-state index is 12.6. The molecule has 0 aliphatic rings. The summed E-state index contributed by atoms with van der Waals surface area (Å²) in [6, 6.07) is 8.52. The van der Waals surface area contributed by atoms with E-state index in [4.69, 9.17) is 13.8 Å². The van der Waals surface area contributed by atoms with Crippen LogP contribution in [0.25, 0.3) is 0 Å². The van der Waals surface area contributed by atoms with E-state index in [1.54, 1.807) is 27.7 Å². The Hall–Kier alpha value is -1.20. The van der Waals surface area contributed by atoms with Gasteiger partial charge in [-0.2, -0.15) is 0 Å². The van der Waals surface area contributed by atoms with Crippen LogP contribution in [0.4, 0.5) is 0 Å². The molecule has 2 atom stereocenters. The molecule has 124 valence electrons. The largest absolute Gasteiger partial charge is 0.462 e. The lowest BCUT2D eigenvalue weighted by Crippen LogP contribution is -2.35. The summed E-state index contributed by atoms with van der Waals surface area (Å²) in [4.78, 5) is 11.8. The first-order valence-electron chi connectivity index (χ1n) is 7.27. The molecule has 0 aromatic heterocycles. The molecule has 1 N–H and O–H groups in total. The quantitative estimate of drug-likeness (QED) is 0.553. The molecule has 0 amide bonds. The first-order chi connectivity index (χ1) is 10.4. The van der Waals surface area contributed by atoms with Crippen molar-refractivity contribution in [2.24, 2.45) is 0 Å². The Kier molecular flexibility index (Phi) is 7.76. The highest BCUT2D eigenvalue weighted by Crippen LogP contribution is 2.45. The zero-order chi connectivity index (χ0) is 16.6. The fraction of sp³-hybridized carbons (Fsp3) is 0.533. The molecule has 1 aromatic rings. The number of esters is 1. The van der Waals surface area contributed by atoms with Crippen LogP contribution < -0.4 is 5.09 Å². The Balaban J connectivity index is 2.65. The molecule has 0 aliphatic heterocycles. The number of ether oxygens (including phenoxy) is 1. The number of benzene rings is 1. The van der Waals surface area contributed by atoms with Gasteiger partial charge in [0.2, 0.25) is 0 Å². The lowest BCUT2D eigenvalue weighted by molar-refractivity contribution is -0.149. The van der Waals surface area contributed by atoms with Gasteiger partial charge in [-0.05, 0) is 33.3 Å². The second-order valence-electron chi connectivity index (χ2n) is 5.01. The number of rotatable bonds is 9. The van der Waals surface area contributed by atoms with Crippen molar-refractivity contribution in [2.75, 3.05) is 6.61 Å². The average Bonchev–Trinajstić information content (AvgIpc) is 2.46. The van der Waals surface area contributed by atoms with Crippen LogP contribution in [0.2, 0.25) is 0 Å². The zero-order valence-corrected chi connectivity index (χ0v) is 14.3. The highest BCUT2D eigenvalue weighted by Gasteiger charge is 2.30. The summed E-state index contributed by atoms with van der Waals surface area (Å²) in [7, 11) is -3.59. The minimum atomic E-state index is -3.59. The monoisotopic (exact) mass is 329 g/mol. The van der Waals surface area contributed by atoms with Crippen molar-refractivity contribution < 1.29 is 23.1 Å². The standard InChI is InChI=1S/C15H24NO5P/c1-5-19-22(18,16-13(4)15(17)21-12(2)3)20-11-14-9-7-6-8-10-14/h6-10,12-13H,5,11H2,1-4H3,(H,16,18)/t13-,22?/m0/s1. The molecule has 0 fully saturated rings. The van der Waals surface area contributed by atoms with Crippen molar-refractivity contribution in [3.05, 3.63) is 35.9 Å². The van der Waals surface area contributed by atoms with Crippen LogP contribution in [0.15, 0.2) is 30.3 Å². The highest BCUT2D eigenvalue weighted by atomic mass is 31.2. The van der Waals surface area contributed by atoms with Crippen molar-refractivity contribution in [3.8, 4) is 0 Å². The summed E-state index contributed by atoms with van der Waals surface area (Å²) in [5, 5.41) is 2.61. The van der Waals surface area contributed by atoms with Gasteiger partial charge < -0.3 is 4.74 Å². The van der Waals surface area contributed by atoms with Crippen LogP contribution in [0.1, 0.15) is 33.3 Å². The molecular formula is C15H24NO5P. The van der Waals surface area contributed by atoms with Gasteiger partial charge in [-0.25, -0.2) is 9.65 Å². The second-order valence-corrected chi connectivity index (χ2v) is 6.78. The van der Waals surface area contributed by atoms with Crippen LogP contribution in [-0.2, 0) is 29.8 Å². The van der Waals surface area contributed by atoms with Crippen LogP contribution in [0.3, 0.4) is 0 Å². The number of hydrogen-bond acceptors (Lipinski definition) is 5. The molecule has 0 saturated heterocycles. The van der Waals surface area contributed by atoms with Crippen LogP contribution in [0.5, 0.6) is 0 Å². The number of nitrogens with one attached hydrogen (secondary N) is 1. The first kappa shape index (κ1) is 18.8. The maximum Gasteiger partial charge on any atom is 0.406 e. The van der Waals surface area contributed by atoms with E-state index in [9.17, 15) is 9.36 Å². The van der Waals surface area contributed by atoms with Crippen molar-refractivity contribution in [1.29, 1.82) is 0 Å². The zero-order valence-electron chi connectivity index (χ0n) is 13.4. The van der Waals surface area contributed by atoms with Crippen LogP contribution >= 0.6 is 7.75 Å². The summed E-state index contributed by atoms with van der Waals surface area (Å²) < 4.78 is 28.3. The molecule has 0 bridgehead atoms. The topological polar surface area (TPSA) is 73.9 Å². The Morgan fingerprint density at radius 3 is 2.36 bits per heavy atom. The summed E-state index contributed by atoms with van der Waals surface area (Å²) in [5.74, 6) is -0.502. The average molecular weight is 329 g/mol. The van der Waals surface area contributed by atoms with Gasteiger partial charge >= 0.3 is 13.7 Å². The van der Waals surface area contributed by atoms with Crippen LogP contribution in [-0.4, -0.2) is 24.7 Å². The van der Waals surface area contributed by atoms with E-state index >= 15 is 0 Å². The molecule has 0 aliphatic carbocycles. The van der Waals surface area contributed by atoms with Gasteiger partial charge in [0.05, 0.1) is 19.3 Å². The molecule has 6 nitrogen and oxygen atoms in total. The summed E-state index contributed by atoms with van der Waals surface area (Å²) >= 11 is 0.